The monoisotopic (exact) mass is 599 g/mol. The van der Waals surface area contributed by atoms with E-state index in [1.807, 2.05) is 29.2 Å². The smallest absolute Gasteiger partial charge is 0.361 e. The van der Waals surface area contributed by atoms with Crippen LogP contribution in [0.15, 0.2) is 71.3 Å². The lowest BCUT2D eigenvalue weighted by Crippen LogP contribution is -2.44. The molecule has 0 bridgehead atoms. The fourth-order valence-corrected chi connectivity index (χ4v) is 6.31. The van der Waals surface area contributed by atoms with Crippen molar-refractivity contribution in [1.82, 2.24) is 9.88 Å². The molecule has 0 spiro atoms. The molecule has 1 aliphatic carbocycles. The zero-order valence-electron chi connectivity index (χ0n) is 21.8. The van der Waals surface area contributed by atoms with Crippen molar-refractivity contribution in [3.05, 3.63) is 93.7 Å². The molecule has 1 amide bonds. The fourth-order valence-electron chi connectivity index (χ4n) is 5.93. The van der Waals surface area contributed by atoms with Crippen LogP contribution in [0.3, 0.4) is 0 Å². The molecule has 2 aromatic carbocycles. The Morgan fingerprint density at radius 1 is 1.00 bits per heavy atom. The minimum absolute atomic E-state index is 0.0714. The summed E-state index contributed by atoms with van der Waals surface area (Å²) >= 11 is 3.57. The van der Waals surface area contributed by atoms with Crippen LogP contribution in [0.4, 0.5) is 18.9 Å². The number of aromatic nitrogens is 1. The molecule has 4 nitrogen and oxygen atoms in total. The number of hydrogen-bond donors (Lipinski definition) is 0. The molecule has 8 heteroatoms. The molecule has 1 unspecified atom stereocenters. The number of alkyl halides is 3. The lowest BCUT2D eigenvalue weighted by molar-refractivity contribution is -0.137. The number of benzene rings is 2. The molecule has 1 aliphatic heterocycles. The van der Waals surface area contributed by atoms with Gasteiger partial charge in [0.2, 0.25) is 5.91 Å². The molecule has 2 aliphatic rings. The molecule has 0 saturated heterocycles. The first-order chi connectivity index (χ1) is 18.8. The average Bonchev–Trinajstić information content (AvgIpc) is 3.38. The van der Waals surface area contributed by atoms with Crippen molar-refractivity contribution in [2.45, 2.75) is 70.3 Å². The summed E-state index contributed by atoms with van der Waals surface area (Å²) in [4.78, 5) is 22.5. The predicted molar refractivity (Wildman–Crippen MR) is 150 cm³/mol. The molecule has 0 N–H and O–H groups in total. The summed E-state index contributed by atoms with van der Waals surface area (Å²) in [5.74, 6) is 0.656. The van der Waals surface area contributed by atoms with E-state index >= 15 is 0 Å². The molecule has 1 atom stereocenters. The number of hydrogen-bond acceptors (Lipinski definition) is 3. The maximum absolute atomic E-state index is 13.6. The molecule has 39 heavy (non-hydrogen) atoms. The third-order valence-corrected chi connectivity index (χ3v) is 8.51. The maximum atomic E-state index is 13.6. The standard InChI is InChI=1S/C31H33BrF3N3O/c32-26-15-16-36-27(18-26)20-38-28(14-11-22-5-1-2-6-22)21-37(19-24-7-3-4-8-29(24)38)30(39)17-23-9-12-25(13-10-23)31(33,34)35/h3-4,7-10,12-13,15-16,18,22,28H,1-2,5-6,11,14,17,19-21H2. The number of carbonyl (C=O) groups is 1. The van der Waals surface area contributed by atoms with E-state index in [9.17, 15) is 18.0 Å². The number of carbonyl (C=O) groups excluding carboxylic acids is 1. The summed E-state index contributed by atoms with van der Waals surface area (Å²) in [6.07, 6.45) is 4.70. The highest BCUT2D eigenvalue weighted by Crippen LogP contribution is 2.35. The van der Waals surface area contributed by atoms with E-state index in [1.54, 1.807) is 6.20 Å². The van der Waals surface area contributed by atoms with Crippen molar-refractivity contribution >= 4 is 27.5 Å². The van der Waals surface area contributed by atoms with Gasteiger partial charge < -0.3 is 9.80 Å². The van der Waals surface area contributed by atoms with Gasteiger partial charge in [0.15, 0.2) is 0 Å². The van der Waals surface area contributed by atoms with Gasteiger partial charge in [0, 0.05) is 35.5 Å². The quantitative estimate of drug-likeness (QED) is 0.278. The first kappa shape index (κ1) is 27.7. The second-order valence-electron chi connectivity index (χ2n) is 10.7. The molecule has 5 rings (SSSR count). The van der Waals surface area contributed by atoms with E-state index in [0.717, 1.165) is 52.3 Å². The van der Waals surface area contributed by atoms with Gasteiger partial charge in [-0.25, -0.2) is 0 Å². The number of halogens is 4. The molecule has 2 heterocycles. The number of fused-ring (bicyclic) bond motifs is 1. The average molecular weight is 601 g/mol. The van der Waals surface area contributed by atoms with Gasteiger partial charge >= 0.3 is 6.18 Å². The van der Waals surface area contributed by atoms with Crippen LogP contribution < -0.4 is 4.90 Å². The number of rotatable bonds is 7. The van der Waals surface area contributed by atoms with Gasteiger partial charge in [-0.05, 0) is 60.2 Å². The third kappa shape index (κ3) is 7.02. The minimum atomic E-state index is -4.39. The minimum Gasteiger partial charge on any atom is -0.361 e. The Kier molecular flexibility index (Phi) is 8.60. The first-order valence-corrected chi connectivity index (χ1v) is 14.4. The van der Waals surface area contributed by atoms with Crippen molar-refractivity contribution in [1.29, 1.82) is 0 Å². The van der Waals surface area contributed by atoms with E-state index in [0.29, 0.717) is 25.2 Å². The number of anilines is 1. The largest absolute Gasteiger partial charge is 0.416 e. The molecule has 1 fully saturated rings. The van der Waals surface area contributed by atoms with Crippen LogP contribution in [-0.4, -0.2) is 28.4 Å². The normalized spacial score (nSPS) is 18.2. The van der Waals surface area contributed by atoms with E-state index < -0.39 is 11.7 Å². The van der Waals surface area contributed by atoms with Crippen molar-refractivity contribution in [3.8, 4) is 0 Å². The van der Waals surface area contributed by atoms with Gasteiger partial charge in [-0.1, -0.05) is 71.9 Å². The zero-order valence-corrected chi connectivity index (χ0v) is 23.4. The summed E-state index contributed by atoms with van der Waals surface area (Å²) < 4.78 is 40.0. The summed E-state index contributed by atoms with van der Waals surface area (Å²) in [7, 11) is 0. The molecule has 3 aromatic rings. The van der Waals surface area contributed by atoms with Crippen LogP contribution in [0.5, 0.6) is 0 Å². The van der Waals surface area contributed by atoms with Crippen LogP contribution in [0.1, 0.15) is 60.9 Å². The Hall–Kier alpha value is -2.87. The molecule has 206 valence electrons. The van der Waals surface area contributed by atoms with Gasteiger partial charge in [-0.15, -0.1) is 0 Å². The molecule has 1 saturated carbocycles. The fraction of sp³-hybridized carbons (Fsp3) is 0.419. The van der Waals surface area contributed by atoms with Crippen molar-refractivity contribution in [2.75, 3.05) is 11.4 Å². The zero-order chi connectivity index (χ0) is 27.4. The molecular formula is C31H33BrF3N3O. The summed E-state index contributed by atoms with van der Waals surface area (Å²) in [6.45, 7) is 1.67. The SMILES string of the molecule is O=C(Cc1ccc(C(F)(F)F)cc1)N1Cc2ccccc2N(Cc2cc(Br)ccn2)C(CCC2CCCC2)C1. The highest BCUT2D eigenvalue weighted by Gasteiger charge is 2.32. The maximum Gasteiger partial charge on any atom is 0.416 e. The van der Waals surface area contributed by atoms with Crippen LogP contribution in [0.25, 0.3) is 0 Å². The Labute approximate surface area is 236 Å². The van der Waals surface area contributed by atoms with Crippen LogP contribution in [0.2, 0.25) is 0 Å². The number of amides is 1. The predicted octanol–water partition coefficient (Wildman–Crippen LogP) is 7.79. The highest BCUT2D eigenvalue weighted by atomic mass is 79.9. The Bertz CT molecular complexity index is 1270. The van der Waals surface area contributed by atoms with Crippen LogP contribution in [-0.2, 0) is 30.5 Å². The van der Waals surface area contributed by atoms with Crippen molar-refractivity contribution in [2.24, 2.45) is 5.92 Å². The Morgan fingerprint density at radius 3 is 2.46 bits per heavy atom. The van der Waals surface area contributed by atoms with Gasteiger partial charge in [0.1, 0.15) is 0 Å². The van der Waals surface area contributed by atoms with Gasteiger partial charge in [0.05, 0.1) is 24.2 Å². The van der Waals surface area contributed by atoms with Gasteiger partial charge in [-0.3, -0.25) is 9.78 Å². The Morgan fingerprint density at radius 2 is 1.74 bits per heavy atom. The summed E-state index contributed by atoms with van der Waals surface area (Å²) in [5, 5.41) is 0. The lowest BCUT2D eigenvalue weighted by atomic mass is 9.97. The second kappa shape index (κ2) is 12.1. The van der Waals surface area contributed by atoms with E-state index in [4.69, 9.17) is 0 Å². The lowest BCUT2D eigenvalue weighted by Gasteiger charge is -2.35. The van der Waals surface area contributed by atoms with Crippen LogP contribution in [0, 0.1) is 5.92 Å². The second-order valence-corrected chi connectivity index (χ2v) is 11.7. The van der Waals surface area contributed by atoms with Crippen LogP contribution >= 0.6 is 15.9 Å². The number of para-hydroxylation sites is 1. The first-order valence-electron chi connectivity index (χ1n) is 13.6. The van der Waals surface area contributed by atoms with Gasteiger partial charge in [-0.2, -0.15) is 13.2 Å². The summed E-state index contributed by atoms with van der Waals surface area (Å²) in [6, 6.07) is 17.2. The molecule has 1 aromatic heterocycles. The van der Waals surface area contributed by atoms with E-state index in [2.05, 4.69) is 37.9 Å². The molecule has 0 radical (unpaired) electrons. The van der Waals surface area contributed by atoms with E-state index in [-0.39, 0.29) is 18.4 Å². The number of nitrogens with zero attached hydrogens (tertiary/aromatic N) is 3. The van der Waals surface area contributed by atoms with E-state index in [1.165, 1.54) is 37.8 Å². The highest BCUT2D eigenvalue weighted by molar-refractivity contribution is 9.10. The van der Waals surface area contributed by atoms with Crippen molar-refractivity contribution < 1.29 is 18.0 Å². The van der Waals surface area contributed by atoms with Crippen molar-refractivity contribution in [3.63, 3.8) is 0 Å². The molecular weight excluding hydrogens is 567 g/mol. The number of pyridine rings is 1. The summed E-state index contributed by atoms with van der Waals surface area (Å²) in [5.41, 5.74) is 3.01. The third-order valence-electron chi connectivity index (χ3n) is 8.02. The Balaban J connectivity index is 1.41. The topological polar surface area (TPSA) is 36.4 Å². The van der Waals surface area contributed by atoms with Gasteiger partial charge in [0.25, 0.3) is 0 Å².